The Morgan fingerprint density at radius 1 is 1.35 bits per heavy atom. The molecule has 1 aliphatic heterocycles. The van der Waals surface area contributed by atoms with Crippen LogP contribution in [0.5, 0.6) is 0 Å². The van der Waals surface area contributed by atoms with Crippen molar-refractivity contribution in [1.82, 2.24) is 4.98 Å². The van der Waals surface area contributed by atoms with Crippen LogP contribution in [-0.2, 0) is 0 Å². The van der Waals surface area contributed by atoms with E-state index in [1.807, 2.05) is 11.8 Å². The van der Waals surface area contributed by atoms with Crippen molar-refractivity contribution in [2.45, 2.75) is 38.4 Å². The predicted molar refractivity (Wildman–Crippen MR) is 84.5 cm³/mol. The molecular formula is C17H20F2N2O2. The summed E-state index contributed by atoms with van der Waals surface area (Å²) in [5, 5.41) is 21.0. The van der Waals surface area contributed by atoms with Crippen molar-refractivity contribution in [2.24, 2.45) is 0 Å². The van der Waals surface area contributed by atoms with Crippen molar-refractivity contribution >= 4 is 16.6 Å². The molecule has 0 spiro atoms. The SMILES string of the molecule is CC[C@@]1(O)CCN(c2cc(C)nc3c(F)cc(F)cc23)C[C@H]1O. The molecule has 0 aliphatic carbocycles. The van der Waals surface area contributed by atoms with Crippen molar-refractivity contribution in [2.75, 3.05) is 18.0 Å². The summed E-state index contributed by atoms with van der Waals surface area (Å²) in [6.45, 7) is 4.28. The number of benzene rings is 1. The standard InChI is InChI=1S/C17H20F2N2O2/c1-3-17(23)4-5-21(9-15(17)22)14-6-10(2)20-16-12(14)7-11(18)8-13(16)19/h6-8,15,22-23H,3-5,9H2,1-2H3/t15-,17-/m1/s1. The maximum Gasteiger partial charge on any atom is 0.152 e. The molecular weight excluding hydrogens is 302 g/mol. The molecule has 2 aromatic rings. The van der Waals surface area contributed by atoms with E-state index in [0.717, 1.165) is 6.07 Å². The fourth-order valence-electron chi connectivity index (χ4n) is 3.22. The molecule has 1 fully saturated rings. The number of anilines is 1. The first-order valence-corrected chi connectivity index (χ1v) is 7.76. The second-order valence-electron chi connectivity index (χ2n) is 6.24. The van der Waals surface area contributed by atoms with Gasteiger partial charge in [-0.25, -0.2) is 13.8 Å². The summed E-state index contributed by atoms with van der Waals surface area (Å²) < 4.78 is 27.6. The molecule has 23 heavy (non-hydrogen) atoms. The monoisotopic (exact) mass is 322 g/mol. The van der Waals surface area contributed by atoms with Crippen molar-refractivity contribution in [3.8, 4) is 0 Å². The van der Waals surface area contributed by atoms with Crippen molar-refractivity contribution in [1.29, 1.82) is 0 Å². The van der Waals surface area contributed by atoms with Gasteiger partial charge in [0.05, 0.1) is 5.60 Å². The molecule has 1 aliphatic rings. The fraction of sp³-hybridized carbons (Fsp3) is 0.471. The maximum absolute atomic E-state index is 14.0. The third kappa shape index (κ3) is 2.77. The van der Waals surface area contributed by atoms with Gasteiger partial charge in [-0.15, -0.1) is 0 Å². The number of halogens is 2. The molecule has 2 heterocycles. The summed E-state index contributed by atoms with van der Waals surface area (Å²) in [5.74, 6) is -1.36. The summed E-state index contributed by atoms with van der Waals surface area (Å²) in [5.41, 5.74) is 0.254. The summed E-state index contributed by atoms with van der Waals surface area (Å²) in [7, 11) is 0. The van der Waals surface area contributed by atoms with E-state index in [1.165, 1.54) is 6.07 Å². The van der Waals surface area contributed by atoms with Gasteiger partial charge in [-0.05, 0) is 31.9 Å². The maximum atomic E-state index is 14.0. The van der Waals surface area contributed by atoms with Crippen LogP contribution in [0.3, 0.4) is 0 Å². The Morgan fingerprint density at radius 3 is 2.74 bits per heavy atom. The van der Waals surface area contributed by atoms with Crippen LogP contribution in [0, 0.1) is 18.6 Å². The summed E-state index contributed by atoms with van der Waals surface area (Å²) in [6, 6.07) is 3.83. The van der Waals surface area contributed by atoms with Crippen LogP contribution in [0.25, 0.3) is 10.9 Å². The molecule has 4 nitrogen and oxygen atoms in total. The van der Waals surface area contributed by atoms with E-state index >= 15 is 0 Å². The molecule has 0 saturated carbocycles. The number of hydrogen-bond acceptors (Lipinski definition) is 4. The molecule has 0 bridgehead atoms. The number of piperidine rings is 1. The molecule has 1 saturated heterocycles. The third-order valence-electron chi connectivity index (χ3n) is 4.72. The number of aliphatic hydroxyl groups is 2. The summed E-state index contributed by atoms with van der Waals surface area (Å²) in [4.78, 5) is 6.01. The average Bonchev–Trinajstić information content (AvgIpc) is 2.50. The number of aromatic nitrogens is 1. The Hall–Kier alpha value is -1.79. The van der Waals surface area contributed by atoms with Crippen molar-refractivity contribution in [3.05, 3.63) is 35.5 Å². The van der Waals surface area contributed by atoms with Gasteiger partial charge in [0.15, 0.2) is 5.82 Å². The van der Waals surface area contributed by atoms with E-state index < -0.39 is 23.3 Å². The van der Waals surface area contributed by atoms with E-state index in [-0.39, 0.29) is 12.1 Å². The zero-order valence-electron chi connectivity index (χ0n) is 13.2. The molecule has 6 heteroatoms. The van der Waals surface area contributed by atoms with Crippen LogP contribution < -0.4 is 4.90 Å². The molecule has 1 aromatic carbocycles. The number of nitrogens with zero attached hydrogens (tertiary/aromatic N) is 2. The minimum absolute atomic E-state index is 0.118. The minimum Gasteiger partial charge on any atom is -0.388 e. The highest BCUT2D eigenvalue weighted by atomic mass is 19.1. The summed E-state index contributed by atoms with van der Waals surface area (Å²) >= 11 is 0. The highest BCUT2D eigenvalue weighted by molar-refractivity contribution is 5.92. The van der Waals surface area contributed by atoms with Gasteiger partial charge in [0.2, 0.25) is 0 Å². The van der Waals surface area contributed by atoms with Crippen molar-refractivity contribution < 1.29 is 19.0 Å². The molecule has 0 radical (unpaired) electrons. The lowest BCUT2D eigenvalue weighted by Crippen LogP contribution is -2.55. The molecule has 0 amide bonds. The number of rotatable bonds is 2. The van der Waals surface area contributed by atoms with E-state index in [1.54, 1.807) is 13.0 Å². The number of hydrogen-bond donors (Lipinski definition) is 2. The van der Waals surface area contributed by atoms with E-state index in [2.05, 4.69) is 4.98 Å². The molecule has 2 atom stereocenters. The first-order chi connectivity index (χ1) is 10.8. The Balaban J connectivity index is 2.07. The Bertz CT molecular complexity index is 753. The smallest absolute Gasteiger partial charge is 0.152 e. The zero-order chi connectivity index (χ0) is 16.8. The van der Waals surface area contributed by atoms with Gasteiger partial charge in [0.1, 0.15) is 17.4 Å². The second-order valence-corrected chi connectivity index (χ2v) is 6.24. The normalized spacial score (nSPS) is 25.1. The Kier molecular flexibility index (Phi) is 3.98. The third-order valence-corrected chi connectivity index (χ3v) is 4.72. The number of aliphatic hydroxyl groups excluding tert-OH is 1. The molecule has 124 valence electrons. The lowest BCUT2D eigenvalue weighted by atomic mass is 9.86. The zero-order valence-corrected chi connectivity index (χ0v) is 13.2. The quantitative estimate of drug-likeness (QED) is 0.892. The summed E-state index contributed by atoms with van der Waals surface area (Å²) in [6.07, 6.45) is -0.0598. The van der Waals surface area contributed by atoms with Crippen LogP contribution in [0.2, 0.25) is 0 Å². The van der Waals surface area contributed by atoms with Gasteiger partial charge >= 0.3 is 0 Å². The molecule has 0 unspecified atom stereocenters. The lowest BCUT2D eigenvalue weighted by molar-refractivity contribution is -0.0878. The van der Waals surface area contributed by atoms with Crippen LogP contribution in [0.4, 0.5) is 14.5 Å². The number of fused-ring (bicyclic) bond motifs is 1. The van der Waals surface area contributed by atoms with Gasteiger partial charge < -0.3 is 15.1 Å². The van der Waals surface area contributed by atoms with E-state index in [0.29, 0.717) is 36.2 Å². The van der Waals surface area contributed by atoms with Gasteiger partial charge in [0.25, 0.3) is 0 Å². The highest BCUT2D eigenvalue weighted by Crippen LogP contribution is 2.34. The minimum atomic E-state index is -1.11. The largest absolute Gasteiger partial charge is 0.388 e. The molecule has 2 N–H and O–H groups in total. The number of aryl methyl sites for hydroxylation is 1. The average molecular weight is 322 g/mol. The fourth-order valence-corrected chi connectivity index (χ4v) is 3.22. The van der Waals surface area contributed by atoms with Gasteiger partial charge in [0, 0.05) is 35.9 Å². The van der Waals surface area contributed by atoms with Crippen molar-refractivity contribution in [3.63, 3.8) is 0 Å². The second kappa shape index (κ2) is 5.69. The number of β-amino-alcohol motifs (C(OH)–C–C–N with tert-alkyl or cyclic N) is 1. The van der Waals surface area contributed by atoms with Gasteiger partial charge in [-0.2, -0.15) is 0 Å². The predicted octanol–water partition coefficient (Wildman–Crippen LogP) is 2.53. The highest BCUT2D eigenvalue weighted by Gasteiger charge is 2.39. The topological polar surface area (TPSA) is 56.6 Å². The first-order valence-electron chi connectivity index (χ1n) is 7.76. The molecule has 1 aromatic heterocycles. The van der Waals surface area contributed by atoms with Crippen LogP contribution in [0.1, 0.15) is 25.5 Å². The van der Waals surface area contributed by atoms with Crippen LogP contribution >= 0.6 is 0 Å². The first kappa shape index (κ1) is 16.1. The van der Waals surface area contributed by atoms with Crippen LogP contribution in [0.15, 0.2) is 18.2 Å². The Labute approximate surface area is 133 Å². The number of pyridine rings is 1. The Morgan fingerprint density at radius 2 is 2.09 bits per heavy atom. The molecule has 3 rings (SSSR count). The van der Waals surface area contributed by atoms with E-state index in [9.17, 15) is 19.0 Å². The lowest BCUT2D eigenvalue weighted by Gasteiger charge is -2.43. The van der Waals surface area contributed by atoms with Gasteiger partial charge in [-0.1, -0.05) is 6.92 Å². The van der Waals surface area contributed by atoms with E-state index in [4.69, 9.17) is 0 Å². The van der Waals surface area contributed by atoms with Gasteiger partial charge in [-0.3, -0.25) is 0 Å². The van der Waals surface area contributed by atoms with Crippen LogP contribution in [-0.4, -0.2) is 40.0 Å².